The van der Waals surface area contributed by atoms with Gasteiger partial charge in [0.15, 0.2) is 17.4 Å². The van der Waals surface area contributed by atoms with Crippen molar-refractivity contribution in [2.75, 3.05) is 20.6 Å². The van der Waals surface area contributed by atoms with Gasteiger partial charge in [-0.3, -0.25) is 9.20 Å². The fourth-order valence-electron chi connectivity index (χ4n) is 2.68. The molecule has 0 saturated heterocycles. The molecule has 3 aromatic rings. The second-order valence-corrected chi connectivity index (χ2v) is 6.90. The molecule has 0 aliphatic heterocycles. The fraction of sp³-hybridized carbons (Fsp3) is 0.300. The average Bonchev–Trinajstić information content (AvgIpc) is 3.15. The Labute approximate surface area is 199 Å². The molecule has 1 amide bonds. The van der Waals surface area contributed by atoms with Crippen molar-refractivity contribution in [3.05, 3.63) is 65.6 Å². The first-order valence-corrected chi connectivity index (χ1v) is 9.41. The molecule has 8 nitrogen and oxygen atoms in total. The molecule has 32 heavy (non-hydrogen) atoms. The average molecular weight is 561 g/mol. The van der Waals surface area contributed by atoms with Crippen LogP contribution in [0.5, 0.6) is 0 Å². The lowest BCUT2D eigenvalue weighted by atomic mass is 10.1. The van der Waals surface area contributed by atoms with Crippen LogP contribution in [0.4, 0.5) is 13.2 Å². The zero-order valence-electron chi connectivity index (χ0n) is 17.4. The lowest BCUT2D eigenvalue weighted by molar-refractivity contribution is -0.137. The second-order valence-electron chi connectivity index (χ2n) is 6.90. The van der Waals surface area contributed by atoms with Gasteiger partial charge in [-0.15, -0.1) is 34.2 Å². The van der Waals surface area contributed by atoms with Crippen molar-refractivity contribution in [3.8, 4) is 0 Å². The maximum Gasteiger partial charge on any atom is 0.416 e. The van der Waals surface area contributed by atoms with Crippen molar-refractivity contribution in [2.45, 2.75) is 19.3 Å². The number of aliphatic imine (C=N–C) groups is 1. The van der Waals surface area contributed by atoms with Crippen LogP contribution < -0.4 is 10.6 Å². The van der Waals surface area contributed by atoms with Crippen molar-refractivity contribution in [1.82, 2.24) is 30.1 Å². The third-order valence-corrected chi connectivity index (χ3v) is 4.38. The summed E-state index contributed by atoms with van der Waals surface area (Å²) < 4.78 is 40.6. The molecule has 0 aliphatic carbocycles. The highest BCUT2D eigenvalue weighted by Gasteiger charge is 2.30. The number of nitrogens with one attached hydrogen (secondary N) is 2. The predicted octanol–water partition coefficient (Wildman–Crippen LogP) is 2.69. The van der Waals surface area contributed by atoms with Crippen LogP contribution in [-0.4, -0.2) is 52.0 Å². The van der Waals surface area contributed by atoms with Gasteiger partial charge in [0.25, 0.3) is 0 Å². The number of carbonyl (C=O) groups excluding carboxylic acids is 1. The Bertz CT molecular complexity index is 1080. The topological polar surface area (TPSA) is 86.9 Å². The van der Waals surface area contributed by atoms with Crippen molar-refractivity contribution in [1.29, 1.82) is 0 Å². The highest BCUT2D eigenvalue weighted by molar-refractivity contribution is 14.0. The van der Waals surface area contributed by atoms with Crippen LogP contribution in [-0.2, 0) is 24.1 Å². The van der Waals surface area contributed by atoms with Gasteiger partial charge in [0.1, 0.15) is 0 Å². The van der Waals surface area contributed by atoms with Gasteiger partial charge < -0.3 is 15.5 Å². The summed E-state index contributed by atoms with van der Waals surface area (Å²) in [6.45, 7) is 0.216. The van der Waals surface area contributed by atoms with Gasteiger partial charge in [-0.25, -0.2) is 4.99 Å². The van der Waals surface area contributed by atoms with Gasteiger partial charge >= 0.3 is 6.18 Å². The maximum absolute atomic E-state index is 12.9. The van der Waals surface area contributed by atoms with Crippen LogP contribution >= 0.6 is 24.0 Å². The first kappa shape index (κ1) is 25.4. The Morgan fingerprint density at radius 1 is 1.12 bits per heavy atom. The van der Waals surface area contributed by atoms with Crippen LogP contribution in [0.2, 0.25) is 0 Å². The zero-order chi connectivity index (χ0) is 22.4. The highest BCUT2D eigenvalue weighted by Crippen LogP contribution is 2.29. The standard InChI is InChI=1S/C20H22F3N7O.HI/c1-29(2)18(31)13-26-19(24-11-14-6-5-7-15(10-14)20(21,22)23)25-12-17-28-27-16-8-3-4-9-30(16)17;/h3-10H,11-13H2,1-2H3,(H2,24,25,26);1H. The number of aromatic nitrogens is 3. The summed E-state index contributed by atoms with van der Waals surface area (Å²) in [6.07, 6.45) is -2.61. The number of guanidine groups is 1. The fourth-order valence-corrected chi connectivity index (χ4v) is 2.68. The molecule has 0 spiro atoms. The Morgan fingerprint density at radius 3 is 2.62 bits per heavy atom. The van der Waals surface area contributed by atoms with Crippen LogP contribution in [0.15, 0.2) is 53.7 Å². The monoisotopic (exact) mass is 561 g/mol. The SMILES string of the molecule is CN(C)C(=O)CNC(=NCc1cccc(C(F)(F)F)c1)NCc1nnc2ccccn12.I. The summed E-state index contributed by atoms with van der Waals surface area (Å²) in [6, 6.07) is 10.5. The van der Waals surface area contributed by atoms with E-state index < -0.39 is 11.7 Å². The molecule has 3 rings (SSSR count). The van der Waals surface area contributed by atoms with Gasteiger partial charge in [0, 0.05) is 20.3 Å². The second kappa shape index (κ2) is 11.1. The molecule has 2 heterocycles. The minimum absolute atomic E-state index is 0. The first-order chi connectivity index (χ1) is 14.7. The molecular formula is C20H23F3IN7O. The summed E-state index contributed by atoms with van der Waals surface area (Å²) in [5.74, 6) is 0.699. The van der Waals surface area contributed by atoms with Crippen LogP contribution in [0, 0.1) is 0 Å². The normalized spacial score (nSPS) is 11.7. The Kier molecular flexibility index (Phi) is 8.80. The molecule has 0 saturated carbocycles. The maximum atomic E-state index is 12.9. The highest BCUT2D eigenvalue weighted by atomic mass is 127. The molecule has 1 aromatic carbocycles. The summed E-state index contributed by atoms with van der Waals surface area (Å²) >= 11 is 0. The van der Waals surface area contributed by atoms with E-state index in [9.17, 15) is 18.0 Å². The van der Waals surface area contributed by atoms with Crippen LogP contribution in [0.25, 0.3) is 5.65 Å². The van der Waals surface area contributed by atoms with Crippen molar-refractivity contribution in [3.63, 3.8) is 0 Å². The van der Waals surface area contributed by atoms with Gasteiger partial charge in [0.2, 0.25) is 5.91 Å². The number of hydrogen-bond donors (Lipinski definition) is 2. The van der Waals surface area contributed by atoms with Gasteiger partial charge in [0.05, 0.1) is 25.2 Å². The Morgan fingerprint density at radius 2 is 1.91 bits per heavy atom. The summed E-state index contributed by atoms with van der Waals surface area (Å²) in [4.78, 5) is 17.7. The molecule has 0 radical (unpaired) electrons. The summed E-state index contributed by atoms with van der Waals surface area (Å²) in [5, 5.41) is 14.1. The van der Waals surface area contributed by atoms with Crippen molar-refractivity contribution < 1.29 is 18.0 Å². The summed E-state index contributed by atoms with van der Waals surface area (Å²) in [5.41, 5.74) is 0.334. The molecule has 2 aromatic heterocycles. The number of nitrogens with zero attached hydrogens (tertiary/aromatic N) is 5. The minimum Gasteiger partial charge on any atom is -0.349 e. The van der Waals surface area contributed by atoms with E-state index in [0.717, 1.165) is 12.1 Å². The number of rotatable bonds is 6. The van der Waals surface area contributed by atoms with E-state index in [1.807, 2.05) is 24.4 Å². The first-order valence-electron chi connectivity index (χ1n) is 9.41. The van der Waals surface area contributed by atoms with E-state index in [4.69, 9.17) is 0 Å². The lowest BCUT2D eigenvalue weighted by Crippen LogP contribution is -2.42. The van der Waals surface area contributed by atoms with Crippen LogP contribution in [0.3, 0.4) is 0 Å². The number of carbonyl (C=O) groups is 1. The number of alkyl halides is 3. The Balaban J connectivity index is 0.00000363. The molecule has 2 N–H and O–H groups in total. The largest absolute Gasteiger partial charge is 0.416 e. The number of benzene rings is 1. The molecule has 0 atom stereocenters. The van der Waals surface area contributed by atoms with Crippen molar-refractivity contribution in [2.24, 2.45) is 4.99 Å². The quantitative estimate of drug-likeness (QED) is 0.275. The third kappa shape index (κ3) is 6.80. The molecule has 172 valence electrons. The Hall–Kier alpha value is -2.90. The van der Waals surface area contributed by atoms with Gasteiger partial charge in [-0.1, -0.05) is 18.2 Å². The van der Waals surface area contributed by atoms with E-state index in [1.165, 1.54) is 11.0 Å². The number of fused-ring (bicyclic) bond motifs is 1. The predicted molar refractivity (Wildman–Crippen MR) is 125 cm³/mol. The number of hydrogen-bond acceptors (Lipinski definition) is 4. The number of likely N-dealkylation sites (N-methyl/N-ethyl adjacent to an activating group) is 1. The van der Waals surface area contributed by atoms with E-state index in [1.54, 1.807) is 24.6 Å². The summed E-state index contributed by atoms with van der Waals surface area (Å²) in [7, 11) is 3.25. The van der Waals surface area contributed by atoms with Crippen LogP contribution in [0.1, 0.15) is 17.0 Å². The van der Waals surface area contributed by atoms with E-state index >= 15 is 0 Å². The minimum atomic E-state index is -4.42. The smallest absolute Gasteiger partial charge is 0.349 e. The molecular weight excluding hydrogens is 538 g/mol. The zero-order valence-corrected chi connectivity index (χ0v) is 19.8. The lowest BCUT2D eigenvalue weighted by Gasteiger charge is -2.15. The molecule has 12 heteroatoms. The molecule has 0 aliphatic rings. The van der Waals surface area contributed by atoms with E-state index in [2.05, 4.69) is 25.8 Å². The van der Waals surface area contributed by atoms with Gasteiger partial charge in [-0.2, -0.15) is 13.2 Å². The van der Waals surface area contributed by atoms with E-state index in [0.29, 0.717) is 17.0 Å². The molecule has 0 bridgehead atoms. The molecule has 0 fully saturated rings. The number of pyridine rings is 1. The molecule has 0 unspecified atom stereocenters. The van der Waals surface area contributed by atoms with Gasteiger partial charge in [-0.05, 0) is 29.8 Å². The number of amides is 1. The van der Waals surface area contributed by atoms with Crippen molar-refractivity contribution >= 4 is 41.5 Å². The number of halogens is 4. The third-order valence-electron chi connectivity index (χ3n) is 4.38. The van der Waals surface area contributed by atoms with E-state index in [-0.39, 0.29) is 55.5 Å².